The number of anilines is 1. The SMILES string of the molecule is Cc1c(C#N)c(Cl)nc2c1CCCC2Oc1ccc(N)c(C(=N)C2CC2)c1. The molecule has 2 aliphatic rings. The summed E-state index contributed by atoms with van der Waals surface area (Å²) in [6.07, 6.45) is 4.57. The fourth-order valence-corrected chi connectivity index (χ4v) is 4.03. The van der Waals surface area contributed by atoms with Crippen LogP contribution in [0.1, 0.15) is 59.7 Å². The molecular weight excluding hydrogens is 360 g/mol. The number of ether oxygens (including phenoxy) is 1. The van der Waals surface area contributed by atoms with Gasteiger partial charge in [0.15, 0.2) is 0 Å². The Morgan fingerprint density at radius 1 is 1.37 bits per heavy atom. The molecule has 0 saturated heterocycles. The van der Waals surface area contributed by atoms with E-state index in [0.29, 0.717) is 28.6 Å². The first kappa shape index (κ1) is 17.8. The van der Waals surface area contributed by atoms with Crippen LogP contribution in [0.15, 0.2) is 18.2 Å². The van der Waals surface area contributed by atoms with Gasteiger partial charge in [-0.25, -0.2) is 4.98 Å². The van der Waals surface area contributed by atoms with Crippen LogP contribution < -0.4 is 10.5 Å². The van der Waals surface area contributed by atoms with Crippen molar-refractivity contribution in [3.8, 4) is 11.8 Å². The molecule has 1 aromatic heterocycles. The van der Waals surface area contributed by atoms with E-state index < -0.39 is 0 Å². The molecule has 1 atom stereocenters. The smallest absolute Gasteiger partial charge is 0.147 e. The zero-order valence-electron chi connectivity index (χ0n) is 15.2. The fraction of sp³-hybridized carbons (Fsp3) is 0.381. The van der Waals surface area contributed by atoms with Gasteiger partial charge in [0, 0.05) is 22.9 Å². The van der Waals surface area contributed by atoms with Crippen molar-refractivity contribution in [1.29, 1.82) is 10.7 Å². The van der Waals surface area contributed by atoms with Crippen molar-refractivity contribution in [2.45, 2.75) is 45.1 Å². The van der Waals surface area contributed by atoms with E-state index in [1.807, 2.05) is 19.1 Å². The minimum absolute atomic E-state index is 0.218. The molecule has 2 aliphatic carbocycles. The Hall–Kier alpha value is -2.58. The summed E-state index contributed by atoms with van der Waals surface area (Å²) in [5.41, 5.74) is 11.3. The number of rotatable bonds is 4. The molecule has 1 fully saturated rings. The first-order valence-corrected chi connectivity index (χ1v) is 9.61. The van der Waals surface area contributed by atoms with Gasteiger partial charge in [-0.05, 0) is 68.4 Å². The molecule has 0 aliphatic heterocycles. The number of nitrogens with two attached hydrogens (primary N) is 1. The standard InChI is InChI=1S/C21H21ClN4O/c1-11-14-3-2-4-18(20(14)26-21(22)16(11)10-23)27-13-7-8-17(24)15(9-13)19(25)12-5-6-12/h7-9,12,18,25H,2-6,24H2,1H3. The van der Waals surface area contributed by atoms with Crippen LogP contribution in [-0.2, 0) is 6.42 Å². The maximum atomic E-state index is 9.32. The van der Waals surface area contributed by atoms with Gasteiger partial charge in [0.25, 0.3) is 0 Å². The third-order valence-corrected chi connectivity index (χ3v) is 5.72. The van der Waals surface area contributed by atoms with Gasteiger partial charge in [0.1, 0.15) is 23.1 Å². The highest BCUT2D eigenvalue weighted by atomic mass is 35.5. The first-order valence-electron chi connectivity index (χ1n) is 9.23. The highest BCUT2D eigenvalue weighted by Gasteiger charge is 2.30. The van der Waals surface area contributed by atoms with E-state index in [1.54, 1.807) is 6.07 Å². The first-order chi connectivity index (χ1) is 13.0. The molecule has 4 rings (SSSR count). The summed E-state index contributed by atoms with van der Waals surface area (Å²) in [5.74, 6) is 1.01. The molecule has 0 radical (unpaired) electrons. The molecule has 0 amide bonds. The number of benzene rings is 1. The van der Waals surface area contributed by atoms with Crippen LogP contribution >= 0.6 is 11.6 Å². The molecule has 0 bridgehead atoms. The Kier molecular flexibility index (Phi) is 4.53. The largest absolute Gasteiger partial charge is 0.484 e. The number of nitrogen functional groups attached to an aromatic ring is 1. The molecule has 3 N–H and O–H groups in total. The number of hydrogen-bond donors (Lipinski definition) is 2. The second kappa shape index (κ2) is 6.86. The lowest BCUT2D eigenvalue weighted by Crippen LogP contribution is -2.19. The second-order valence-electron chi connectivity index (χ2n) is 7.31. The van der Waals surface area contributed by atoms with Gasteiger partial charge in [0.05, 0.1) is 11.3 Å². The van der Waals surface area contributed by atoms with Crippen LogP contribution in [0.3, 0.4) is 0 Å². The number of nitrogens with one attached hydrogen (secondary N) is 1. The van der Waals surface area contributed by atoms with Crippen molar-refractivity contribution < 1.29 is 4.74 Å². The maximum Gasteiger partial charge on any atom is 0.147 e. The number of nitriles is 1. The van der Waals surface area contributed by atoms with Crippen molar-refractivity contribution in [2.24, 2.45) is 5.92 Å². The van der Waals surface area contributed by atoms with E-state index in [1.165, 1.54) is 0 Å². The quantitative estimate of drug-likeness (QED) is 0.455. The normalized spacial score (nSPS) is 18.5. The minimum Gasteiger partial charge on any atom is -0.484 e. The Morgan fingerprint density at radius 3 is 2.85 bits per heavy atom. The summed E-state index contributed by atoms with van der Waals surface area (Å²) in [7, 11) is 0. The summed E-state index contributed by atoms with van der Waals surface area (Å²) in [5, 5.41) is 17.9. The van der Waals surface area contributed by atoms with Gasteiger partial charge in [-0.15, -0.1) is 0 Å². The molecule has 6 heteroatoms. The van der Waals surface area contributed by atoms with Gasteiger partial charge in [-0.2, -0.15) is 5.26 Å². The average Bonchev–Trinajstić information content (AvgIpc) is 3.49. The lowest BCUT2D eigenvalue weighted by molar-refractivity contribution is 0.178. The summed E-state index contributed by atoms with van der Waals surface area (Å²) in [4.78, 5) is 4.49. The summed E-state index contributed by atoms with van der Waals surface area (Å²) in [6.45, 7) is 1.92. The number of hydrogen-bond acceptors (Lipinski definition) is 5. The number of fused-ring (bicyclic) bond motifs is 1. The van der Waals surface area contributed by atoms with Gasteiger partial charge in [-0.3, -0.25) is 0 Å². The molecular formula is C21H21ClN4O. The predicted octanol–water partition coefficient (Wildman–Crippen LogP) is 4.73. The summed E-state index contributed by atoms with van der Waals surface area (Å²) >= 11 is 6.23. The van der Waals surface area contributed by atoms with Crippen molar-refractivity contribution in [2.75, 3.05) is 5.73 Å². The van der Waals surface area contributed by atoms with Crippen molar-refractivity contribution >= 4 is 23.0 Å². The van der Waals surface area contributed by atoms with Gasteiger partial charge < -0.3 is 15.9 Å². The second-order valence-corrected chi connectivity index (χ2v) is 7.67. The summed E-state index contributed by atoms with van der Waals surface area (Å²) in [6, 6.07) is 7.65. The number of aromatic nitrogens is 1. The van der Waals surface area contributed by atoms with E-state index >= 15 is 0 Å². The minimum atomic E-state index is -0.218. The van der Waals surface area contributed by atoms with Gasteiger partial charge >= 0.3 is 0 Å². The maximum absolute atomic E-state index is 9.32. The number of nitrogens with zero attached hydrogens (tertiary/aromatic N) is 2. The van der Waals surface area contributed by atoms with Crippen molar-refractivity contribution in [3.05, 3.63) is 51.3 Å². The summed E-state index contributed by atoms with van der Waals surface area (Å²) < 4.78 is 6.25. The molecule has 27 heavy (non-hydrogen) atoms. The number of halogens is 1. The Bertz CT molecular complexity index is 975. The Balaban J connectivity index is 1.66. The van der Waals surface area contributed by atoms with Crippen LogP contribution in [-0.4, -0.2) is 10.7 Å². The Morgan fingerprint density at radius 2 is 2.15 bits per heavy atom. The fourth-order valence-electron chi connectivity index (χ4n) is 3.75. The Labute approximate surface area is 163 Å². The lowest BCUT2D eigenvalue weighted by Gasteiger charge is -2.27. The third kappa shape index (κ3) is 3.26. The third-order valence-electron chi connectivity index (χ3n) is 5.45. The monoisotopic (exact) mass is 380 g/mol. The van der Waals surface area contributed by atoms with Crippen molar-refractivity contribution in [1.82, 2.24) is 4.98 Å². The van der Waals surface area contributed by atoms with Crippen molar-refractivity contribution in [3.63, 3.8) is 0 Å². The number of pyridine rings is 1. The van der Waals surface area contributed by atoms with E-state index in [9.17, 15) is 5.26 Å². The van der Waals surface area contributed by atoms with Gasteiger partial charge in [0.2, 0.25) is 0 Å². The van der Waals surface area contributed by atoms with E-state index in [0.717, 1.165) is 54.5 Å². The van der Waals surface area contributed by atoms with Gasteiger partial charge in [-0.1, -0.05) is 11.6 Å². The molecule has 1 aromatic carbocycles. The molecule has 138 valence electrons. The van der Waals surface area contributed by atoms with Crippen LogP contribution in [0, 0.1) is 29.6 Å². The zero-order valence-corrected chi connectivity index (χ0v) is 15.9. The molecule has 2 aromatic rings. The molecule has 1 unspecified atom stereocenters. The molecule has 5 nitrogen and oxygen atoms in total. The average molecular weight is 381 g/mol. The lowest BCUT2D eigenvalue weighted by atomic mass is 9.89. The van der Waals surface area contributed by atoms with E-state index in [4.69, 9.17) is 27.5 Å². The molecule has 0 spiro atoms. The highest BCUT2D eigenvalue weighted by molar-refractivity contribution is 6.30. The van der Waals surface area contributed by atoms with Crippen LogP contribution in [0.4, 0.5) is 5.69 Å². The van der Waals surface area contributed by atoms with E-state index in [2.05, 4.69) is 11.1 Å². The van der Waals surface area contributed by atoms with Crippen LogP contribution in [0.2, 0.25) is 5.15 Å². The van der Waals surface area contributed by atoms with E-state index in [-0.39, 0.29) is 11.3 Å². The molecule has 1 saturated carbocycles. The zero-order chi connectivity index (χ0) is 19.1. The predicted molar refractivity (Wildman–Crippen MR) is 105 cm³/mol. The highest BCUT2D eigenvalue weighted by Crippen LogP contribution is 2.38. The van der Waals surface area contributed by atoms with Crippen LogP contribution in [0.5, 0.6) is 5.75 Å². The van der Waals surface area contributed by atoms with Crippen LogP contribution in [0.25, 0.3) is 0 Å². The topological polar surface area (TPSA) is 95.8 Å². The molecule has 1 heterocycles.